The van der Waals surface area contributed by atoms with E-state index in [9.17, 15) is 0 Å². The molecule has 18 heavy (non-hydrogen) atoms. The first-order valence-electron chi connectivity index (χ1n) is 5.60. The monoisotopic (exact) mass is 310 g/mol. The van der Waals surface area contributed by atoms with Gasteiger partial charge in [-0.25, -0.2) is 0 Å². The van der Waals surface area contributed by atoms with Crippen molar-refractivity contribution in [3.8, 4) is 0 Å². The maximum atomic E-state index is 6.24. The van der Waals surface area contributed by atoms with Gasteiger partial charge in [-0.15, -0.1) is 0 Å². The minimum atomic E-state index is -0.306. The molecule has 0 amide bonds. The van der Waals surface area contributed by atoms with Crippen LogP contribution in [0, 0.1) is 0 Å². The Morgan fingerprint density at radius 2 is 2.33 bits per heavy atom. The number of pyridine rings is 1. The number of ether oxygens (including phenoxy) is 1. The van der Waals surface area contributed by atoms with Gasteiger partial charge < -0.3 is 10.5 Å². The Hall–Kier alpha value is -1.24. The van der Waals surface area contributed by atoms with Gasteiger partial charge in [-0.05, 0) is 28.1 Å². The number of aromatic nitrogens is 3. The molecule has 2 N–H and O–H groups in total. The number of nitrogens with two attached hydrogens (primary N) is 1. The molecule has 0 aliphatic carbocycles. The van der Waals surface area contributed by atoms with Crippen LogP contribution in [0.2, 0.25) is 0 Å². The molecular weight excluding hydrogens is 296 g/mol. The van der Waals surface area contributed by atoms with Crippen LogP contribution in [0.3, 0.4) is 0 Å². The summed E-state index contributed by atoms with van der Waals surface area (Å²) in [6, 6.07) is 5.39. The molecule has 2 rings (SSSR count). The molecule has 1 unspecified atom stereocenters. The van der Waals surface area contributed by atoms with E-state index in [0.29, 0.717) is 13.2 Å². The summed E-state index contributed by atoms with van der Waals surface area (Å²) in [4.78, 5) is 4.28. The molecule has 2 heterocycles. The van der Waals surface area contributed by atoms with Crippen LogP contribution >= 0.6 is 15.9 Å². The Kier molecular flexibility index (Phi) is 4.46. The van der Waals surface area contributed by atoms with Crippen molar-refractivity contribution in [1.29, 1.82) is 0 Å². The van der Waals surface area contributed by atoms with E-state index in [1.54, 1.807) is 19.5 Å². The predicted molar refractivity (Wildman–Crippen MR) is 72.1 cm³/mol. The maximum absolute atomic E-state index is 6.24. The van der Waals surface area contributed by atoms with E-state index in [2.05, 4.69) is 26.0 Å². The summed E-state index contributed by atoms with van der Waals surface area (Å²) in [5.41, 5.74) is 7.97. The highest BCUT2D eigenvalue weighted by Crippen LogP contribution is 2.25. The van der Waals surface area contributed by atoms with Gasteiger partial charge in [0.25, 0.3) is 0 Å². The van der Waals surface area contributed by atoms with E-state index in [4.69, 9.17) is 10.5 Å². The second-order valence-corrected chi connectivity index (χ2v) is 4.68. The number of rotatable bonds is 5. The highest BCUT2D eigenvalue weighted by Gasteiger charge is 2.18. The van der Waals surface area contributed by atoms with Crippen molar-refractivity contribution >= 4 is 15.9 Å². The first-order chi connectivity index (χ1) is 8.74. The van der Waals surface area contributed by atoms with E-state index in [0.717, 1.165) is 15.9 Å². The van der Waals surface area contributed by atoms with Crippen LogP contribution in [0.15, 0.2) is 35.1 Å². The van der Waals surface area contributed by atoms with Crippen molar-refractivity contribution in [3.63, 3.8) is 0 Å². The third-order valence-electron chi connectivity index (χ3n) is 2.64. The van der Waals surface area contributed by atoms with Crippen LogP contribution in [0.25, 0.3) is 0 Å². The highest BCUT2D eigenvalue weighted by atomic mass is 79.9. The van der Waals surface area contributed by atoms with Crippen LogP contribution in [-0.2, 0) is 11.3 Å². The van der Waals surface area contributed by atoms with Crippen molar-refractivity contribution < 1.29 is 4.74 Å². The first-order valence-corrected chi connectivity index (χ1v) is 6.40. The zero-order valence-electron chi connectivity index (χ0n) is 10.1. The van der Waals surface area contributed by atoms with Gasteiger partial charge in [0.2, 0.25) is 0 Å². The summed E-state index contributed by atoms with van der Waals surface area (Å²) in [5.74, 6) is 0. The Labute approximate surface area is 114 Å². The van der Waals surface area contributed by atoms with Crippen molar-refractivity contribution in [2.24, 2.45) is 5.73 Å². The highest BCUT2D eigenvalue weighted by molar-refractivity contribution is 9.10. The van der Waals surface area contributed by atoms with Crippen molar-refractivity contribution in [3.05, 3.63) is 46.5 Å². The molecule has 0 fully saturated rings. The minimum absolute atomic E-state index is 0.306. The van der Waals surface area contributed by atoms with Gasteiger partial charge in [0.1, 0.15) is 0 Å². The summed E-state index contributed by atoms with van der Waals surface area (Å²) >= 11 is 3.48. The minimum Gasteiger partial charge on any atom is -0.383 e. The Morgan fingerprint density at radius 3 is 3.00 bits per heavy atom. The number of nitrogens with zero attached hydrogens (tertiary/aromatic N) is 3. The molecule has 1 atom stereocenters. The lowest BCUT2D eigenvalue weighted by atomic mass is 10.1. The fraction of sp³-hybridized carbons (Fsp3) is 0.333. The molecule has 2 aromatic heterocycles. The third kappa shape index (κ3) is 2.77. The SMILES string of the molecule is COCCn1ncc(Br)c1C(N)c1ccccn1. The Bertz CT molecular complexity index is 500. The third-order valence-corrected chi connectivity index (χ3v) is 3.25. The average molecular weight is 311 g/mol. The molecule has 0 aliphatic heterocycles. The van der Waals surface area contributed by atoms with Gasteiger partial charge in [0.15, 0.2) is 0 Å². The second-order valence-electron chi connectivity index (χ2n) is 3.83. The summed E-state index contributed by atoms with van der Waals surface area (Å²) in [5, 5.41) is 4.28. The molecule has 5 nitrogen and oxygen atoms in total. The molecule has 0 spiro atoms. The molecule has 96 valence electrons. The summed E-state index contributed by atoms with van der Waals surface area (Å²) in [6.07, 6.45) is 3.48. The van der Waals surface area contributed by atoms with Gasteiger partial charge in [0, 0.05) is 13.3 Å². The lowest BCUT2D eigenvalue weighted by Crippen LogP contribution is -2.20. The molecule has 0 aromatic carbocycles. The molecule has 0 radical (unpaired) electrons. The second kappa shape index (κ2) is 6.08. The van der Waals surface area contributed by atoms with Crippen LogP contribution in [0.4, 0.5) is 0 Å². The molecule has 6 heteroatoms. The fourth-order valence-electron chi connectivity index (χ4n) is 1.74. The van der Waals surface area contributed by atoms with Gasteiger partial charge >= 0.3 is 0 Å². The Balaban J connectivity index is 2.29. The summed E-state index contributed by atoms with van der Waals surface area (Å²) in [6.45, 7) is 1.26. The molecule has 0 bridgehead atoms. The molecule has 2 aromatic rings. The number of halogens is 1. The van der Waals surface area contributed by atoms with Crippen LogP contribution < -0.4 is 5.73 Å². The summed E-state index contributed by atoms with van der Waals surface area (Å²) in [7, 11) is 1.66. The molecule has 0 saturated heterocycles. The van der Waals surface area contributed by atoms with E-state index >= 15 is 0 Å². The normalized spacial score (nSPS) is 12.6. The van der Waals surface area contributed by atoms with E-state index < -0.39 is 0 Å². The lowest BCUT2D eigenvalue weighted by molar-refractivity contribution is 0.182. The fourth-order valence-corrected chi connectivity index (χ4v) is 2.28. The topological polar surface area (TPSA) is 66.0 Å². The number of hydrogen-bond donors (Lipinski definition) is 1. The van der Waals surface area contributed by atoms with Crippen LogP contribution in [0.1, 0.15) is 17.4 Å². The van der Waals surface area contributed by atoms with Gasteiger partial charge in [-0.2, -0.15) is 5.10 Å². The summed E-state index contributed by atoms with van der Waals surface area (Å²) < 4.78 is 7.79. The van der Waals surface area contributed by atoms with Crippen molar-refractivity contribution in [2.75, 3.05) is 13.7 Å². The zero-order valence-corrected chi connectivity index (χ0v) is 11.7. The average Bonchev–Trinajstić information content (AvgIpc) is 2.77. The quantitative estimate of drug-likeness (QED) is 0.913. The number of methoxy groups -OCH3 is 1. The lowest BCUT2D eigenvalue weighted by Gasteiger charge is -2.14. The largest absolute Gasteiger partial charge is 0.383 e. The number of hydrogen-bond acceptors (Lipinski definition) is 4. The first kappa shape index (κ1) is 13.2. The molecular formula is C12H15BrN4O. The van der Waals surface area contributed by atoms with Crippen molar-refractivity contribution in [1.82, 2.24) is 14.8 Å². The van der Waals surface area contributed by atoms with Gasteiger partial charge in [0.05, 0.1) is 41.3 Å². The van der Waals surface area contributed by atoms with E-state index in [1.165, 1.54) is 0 Å². The standard InChI is InChI=1S/C12H15BrN4O/c1-18-7-6-17-12(9(13)8-16-17)11(14)10-4-2-3-5-15-10/h2-5,8,11H,6-7,14H2,1H3. The van der Waals surface area contributed by atoms with Crippen LogP contribution in [-0.4, -0.2) is 28.5 Å². The predicted octanol–water partition coefficient (Wildman–Crippen LogP) is 1.74. The Morgan fingerprint density at radius 1 is 1.50 bits per heavy atom. The molecule has 0 aliphatic rings. The van der Waals surface area contributed by atoms with E-state index in [1.807, 2.05) is 22.9 Å². The van der Waals surface area contributed by atoms with Crippen LogP contribution in [0.5, 0.6) is 0 Å². The molecule has 0 saturated carbocycles. The van der Waals surface area contributed by atoms with Crippen molar-refractivity contribution in [2.45, 2.75) is 12.6 Å². The van der Waals surface area contributed by atoms with Gasteiger partial charge in [-0.3, -0.25) is 9.67 Å². The van der Waals surface area contributed by atoms with E-state index in [-0.39, 0.29) is 6.04 Å². The smallest absolute Gasteiger partial charge is 0.0908 e. The zero-order chi connectivity index (χ0) is 13.0. The maximum Gasteiger partial charge on any atom is 0.0908 e. The van der Waals surface area contributed by atoms with Gasteiger partial charge in [-0.1, -0.05) is 6.07 Å².